The minimum Gasteiger partial charge on any atom is -0.348 e. The number of ether oxygens (including phenoxy) is 1. The Labute approximate surface area is 123 Å². The molecular formula is C11H8Cl3NO4. The molecule has 0 aliphatic carbocycles. The number of hydrogen-bond acceptors (Lipinski definition) is 4. The monoisotopic (exact) mass is 323 g/mol. The summed E-state index contributed by atoms with van der Waals surface area (Å²) in [5.74, 6) is -1.09. The molecule has 1 aliphatic heterocycles. The van der Waals surface area contributed by atoms with Gasteiger partial charge in [0.1, 0.15) is 0 Å². The summed E-state index contributed by atoms with van der Waals surface area (Å²) in [5.41, 5.74) is 0.572. The molecule has 0 N–H and O–H groups in total. The largest absolute Gasteiger partial charge is 0.348 e. The Morgan fingerprint density at radius 1 is 1.05 bits per heavy atom. The molecule has 1 aromatic rings. The molecular weight excluding hydrogens is 316 g/mol. The van der Waals surface area contributed by atoms with Crippen molar-refractivity contribution in [1.29, 1.82) is 0 Å². The van der Waals surface area contributed by atoms with E-state index in [1.165, 1.54) is 0 Å². The van der Waals surface area contributed by atoms with Crippen molar-refractivity contribution in [2.45, 2.75) is 3.79 Å². The number of amides is 2. The summed E-state index contributed by atoms with van der Waals surface area (Å²) >= 11 is 16.4. The highest BCUT2D eigenvalue weighted by molar-refractivity contribution is 6.67. The van der Waals surface area contributed by atoms with Crippen LogP contribution in [0, 0.1) is 0 Å². The van der Waals surface area contributed by atoms with Crippen molar-refractivity contribution in [3.05, 3.63) is 35.4 Å². The van der Waals surface area contributed by atoms with Crippen molar-refractivity contribution in [3.63, 3.8) is 0 Å². The molecule has 1 heterocycles. The quantitative estimate of drug-likeness (QED) is 0.370. The molecule has 8 heteroatoms. The first-order valence-corrected chi connectivity index (χ1v) is 6.29. The second-order valence-corrected chi connectivity index (χ2v) is 6.18. The van der Waals surface area contributed by atoms with Crippen molar-refractivity contribution < 1.29 is 19.2 Å². The fraction of sp³-hybridized carbons (Fsp3) is 0.273. The van der Waals surface area contributed by atoms with Crippen LogP contribution in [0.4, 0.5) is 0 Å². The lowest BCUT2D eigenvalue weighted by molar-refractivity contribution is -0.169. The van der Waals surface area contributed by atoms with Crippen LogP contribution in [0.15, 0.2) is 24.3 Å². The Kier molecular flexibility index (Phi) is 4.32. The topological polar surface area (TPSA) is 55.8 Å². The van der Waals surface area contributed by atoms with Crippen LogP contribution in [-0.4, -0.2) is 34.1 Å². The van der Waals surface area contributed by atoms with Crippen LogP contribution in [0.2, 0.25) is 0 Å². The predicted molar refractivity (Wildman–Crippen MR) is 69.1 cm³/mol. The van der Waals surface area contributed by atoms with Gasteiger partial charge in [-0.1, -0.05) is 46.9 Å². The van der Waals surface area contributed by atoms with Gasteiger partial charge in [0.2, 0.25) is 3.79 Å². The lowest BCUT2D eigenvalue weighted by Gasteiger charge is -2.15. The minimum absolute atomic E-state index is 0.221. The van der Waals surface area contributed by atoms with E-state index in [9.17, 15) is 9.59 Å². The minimum atomic E-state index is -1.58. The van der Waals surface area contributed by atoms with Crippen LogP contribution < -0.4 is 0 Å². The van der Waals surface area contributed by atoms with Gasteiger partial charge in [-0.05, 0) is 12.1 Å². The van der Waals surface area contributed by atoms with Crippen molar-refractivity contribution in [2.75, 3.05) is 13.4 Å². The Hall–Kier alpha value is -0.850. The van der Waals surface area contributed by atoms with E-state index in [-0.39, 0.29) is 24.5 Å². The third-order valence-electron chi connectivity index (χ3n) is 2.29. The van der Waals surface area contributed by atoms with Gasteiger partial charge in [-0.2, -0.15) is 0 Å². The SMILES string of the molecule is O=C1c2ccccc2C(=O)N1OCOCC(Cl)(Cl)Cl. The lowest BCUT2D eigenvalue weighted by atomic mass is 10.1. The van der Waals surface area contributed by atoms with E-state index in [1.54, 1.807) is 24.3 Å². The number of alkyl halides is 3. The molecule has 0 spiro atoms. The van der Waals surface area contributed by atoms with Gasteiger partial charge in [0.25, 0.3) is 11.8 Å². The van der Waals surface area contributed by atoms with E-state index in [1.807, 2.05) is 0 Å². The molecule has 0 radical (unpaired) electrons. The summed E-state index contributed by atoms with van der Waals surface area (Å²) in [6.45, 7) is -0.597. The summed E-state index contributed by atoms with van der Waals surface area (Å²) < 4.78 is 3.31. The predicted octanol–water partition coefficient (Wildman–Crippen LogP) is 2.56. The Balaban J connectivity index is 1.94. The van der Waals surface area contributed by atoms with Crippen LogP contribution in [-0.2, 0) is 9.57 Å². The van der Waals surface area contributed by atoms with E-state index in [0.29, 0.717) is 5.06 Å². The van der Waals surface area contributed by atoms with Crippen molar-refractivity contribution >= 4 is 46.6 Å². The zero-order valence-electron chi connectivity index (χ0n) is 9.44. The first-order chi connectivity index (χ1) is 8.90. The molecule has 1 aliphatic rings. The maximum absolute atomic E-state index is 11.8. The maximum atomic E-state index is 11.8. The molecule has 2 rings (SSSR count). The van der Waals surface area contributed by atoms with Crippen LogP contribution >= 0.6 is 34.8 Å². The molecule has 0 atom stereocenters. The van der Waals surface area contributed by atoms with Crippen molar-refractivity contribution in [2.24, 2.45) is 0 Å². The van der Waals surface area contributed by atoms with Gasteiger partial charge >= 0.3 is 0 Å². The average molecular weight is 325 g/mol. The number of hydroxylamine groups is 2. The van der Waals surface area contributed by atoms with Crippen LogP contribution in [0.3, 0.4) is 0 Å². The fourth-order valence-electron chi connectivity index (χ4n) is 1.53. The average Bonchev–Trinajstić information content (AvgIpc) is 2.58. The number of carbonyl (C=O) groups is 2. The third-order valence-corrected chi connectivity index (χ3v) is 2.61. The zero-order valence-corrected chi connectivity index (χ0v) is 11.7. The van der Waals surface area contributed by atoms with E-state index in [2.05, 4.69) is 0 Å². The summed E-state index contributed by atoms with van der Waals surface area (Å²) in [5, 5.41) is 0.628. The molecule has 1 aromatic carbocycles. The van der Waals surface area contributed by atoms with Gasteiger partial charge < -0.3 is 4.74 Å². The molecule has 0 saturated heterocycles. The first kappa shape index (κ1) is 14.6. The van der Waals surface area contributed by atoms with Gasteiger partial charge in [0.05, 0.1) is 17.7 Å². The molecule has 2 amide bonds. The van der Waals surface area contributed by atoms with E-state index >= 15 is 0 Å². The van der Waals surface area contributed by atoms with E-state index < -0.39 is 15.6 Å². The summed E-state index contributed by atoms with van der Waals surface area (Å²) in [6, 6.07) is 6.40. The molecule has 102 valence electrons. The van der Waals surface area contributed by atoms with Crippen LogP contribution in [0.25, 0.3) is 0 Å². The Morgan fingerprint density at radius 2 is 1.58 bits per heavy atom. The van der Waals surface area contributed by atoms with Crippen molar-refractivity contribution in [1.82, 2.24) is 5.06 Å². The zero-order chi connectivity index (χ0) is 14.0. The second kappa shape index (κ2) is 5.64. The van der Waals surface area contributed by atoms with E-state index in [0.717, 1.165) is 0 Å². The second-order valence-electron chi connectivity index (χ2n) is 3.66. The fourth-order valence-corrected chi connectivity index (χ4v) is 1.76. The number of nitrogens with zero attached hydrogens (tertiary/aromatic N) is 1. The Morgan fingerprint density at radius 3 is 2.05 bits per heavy atom. The molecule has 0 aromatic heterocycles. The Bertz CT molecular complexity index is 480. The summed E-state index contributed by atoms with van der Waals surface area (Å²) in [6.07, 6.45) is 0. The third kappa shape index (κ3) is 3.38. The molecule has 0 bridgehead atoms. The van der Waals surface area contributed by atoms with Gasteiger partial charge in [-0.15, -0.1) is 5.06 Å². The van der Waals surface area contributed by atoms with E-state index in [4.69, 9.17) is 44.4 Å². The van der Waals surface area contributed by atoms with Crippen molar-refractivity contribution in [3.8, 4) is 0 Å². The standard InChI is InChI=1S/C11H8Cl3NO4/c12-11(13,14)5-18-6-19-15-9(16)7-3-1-2-4-8(7)10(15)17/h1-4H,5-6H2. The highest BCUT2D eigenvalue weighted by atomic mass is 35.6. The number of hydrogen-bond donors (Lipinski definition) is 0. The maximum Gasteiger partial charge on any atom is 0.285 e. The number of halogens is 3. The highest BCUT2D eigenvalue weighted by Crippen LogP contribution is 2.26. The van der Waals surface area contributed by atoms with Gasteiger partial charge in [0, 0.05) is 0 Å². The number of benzene rings is 1. The van der Waals surface area contributed by atoms with Gasteiger partial charge in [-0.25, -0.2) is 4.84 Å². The van der Waals surface area contributed by atoms with Gasteiger partial charge in [0.15, 0.2) is 6.79 Å². The first-order valence-electron chi connectivity index (χ1n) is 5.15. The van der Waals surface area contributed by atoms with Crippen LogP contribution in [0.1, 0.15) is 20.7 Å². The lowest BCUT2D eigenvalue weighted by Crippen LogP contribution is -2.31. The molecule has 0 unspecified atom stereocenters. The molecule has 0 saturated carbocycles. The molecule has 19 heavy (non-hydrogen) atoms. The molecule has 0 fully saturated rings. The number of rotatable bonds is 4. The number of imide groups is 1. The number of fused-ring (bicyclic) bond motifs is 1. The highest BCUT2D eigenvalue weighted by Gasteiger charge is 2.36. The summed E-state index contributed by atoms with van der Waals surface area (Å²) in [7, 11) is 0. The normalized spacial score (nSPS) is 15.0. The molecule has 5 nitrogen and oxygen atoms in total. The smallest absolute Gasteiger partial charge is 0.285 e. The van der Waals surface area contributed by atoms with Gasteiger partial charge in [-0.3, -0.25) is 9.59 Å². The number of carbonyl (C=O) groups excluding carboxylic acids is 2. The summed E-state index contributed by atoms with van der Waals surface area (Å²) in [4.78, 5) is 28.6. The van der Waals surface area contributed by atoms with Crippen LogP contribution in [0.5, 0.6) is 0 Å².